The van der Waals surface area contributed by atoms with Gasteiger partial charge in [0.15, 0.2) is 11.5 Å². The van der Waals surface area contributed by atoms with E-state index < -0.39 is 12.0 Å². The van der Waals surface area contributed by atoms with Crippen LogP contribution in [0.25, 0.3) is 0 Å². The Hall–Kier alpha value is -2.76. The fourth-order valence-corrected chi connectivity index (χ4v) is 3.61. The van der Waals surface area contributed by atoms with Crippen molar-refractivity contribution in [2.45, 2.75) is 24.8 Å². The molecule has 6 heteroatoms. The highest BCUT2D eigenvalue weighted by Gasteiger charge is 2.39. The quantitative estimate of drug-likeness (QED) is 0.578. The van der Waals surface area contributed by atoms with Crippen molar-refractivity contribution in [3.8, 4) is 11.5 Å². The van der Waals surface area contributed by atoms with Gasteiger partial charge in [-0.1, -0.05) is 18.2 Å². The molecule has 26 heavy (non-hydrogen) atoms. The summed E-state index contributed by atoms with van der Waals surface area (Å²) >= 11 is 0. The fraction of sp³-hybridized carbons (Fsp3) is 0.400. The van der Waals surface area contributed by atoms with Gasteiger partial charge < -0.3 is 19.1 Å². The molecule has 0 aromatic heterocycles. The normalized spacial score (nSPS) is 20.3. The van der Waals surface area contributed by atoms with Crippen molar-refractivity contribution in [3.05, 3.63) is 49.1 Å². The molecule has 2 aliphatic rings. The minimum atomic E-state index is -0.530. The number of nitrogens with zero attached hydrogens (tertiary/aromatic N) is 1. The van der Waals surface area contributed by atoms with E-state index in [-0.39, 0.29) is 24.6 Å². The van der Waals surface area contributed by atoms with Crippen LogP contribution in [0, 0.1) is 5.92 Å². The van der Waals surface area contributed by atoms with E-state index in [4.69, 9.17) is 14.2 Å². The summed E-state index contributed by atoms with van der Waals surface area (Å²) in [5.41, 5.74) is 0.885. The Kier molecular flexibility index (Phi) is 5.30. The van der Waals surface area contributed by atoms with Crippen molar-refractivity contribution in [1.82, 2.24) is 4.90 Å². The lowest BCUT2D eigenvalue weighted by Gasteiger charge is -2.29. The molecular weight excluding hydrogens is 334 g/mol. The largest absolute Gasteiger partial charge is 0.467 e. The molecule has 0 spiro atoms. The van der Waals surface area contributed by atoms with Crippen molar-refractivity contribution >= 4 is 11.9 Å². The lowest BCUT2D eigenvalue weighted by Crippen LogP contribution is -2.44. The second kappa shape index (κ2) is 7.64. The van der Waals surface area contributed by atoms with Crippen molar-refractivity contribution in [2.24, 2.45) is 5.92 Å². The number of ether oxygens (including phenoxy) is 3. The van der Waals surface area contributed by atoms with E-state index in [1.54, 1.807) is 17.1 Å². The summed E-state index contributed by atoms with van der Waals surface area (Å²) < 4.78 is 15.6. The molecule has 1 fully saturated rings. The highest BCUT2D eigenvalue weighted by atomic mass is 16.7. The van der Waals surface area contributed by atoms with E-state index in [9.17, 15) is 9.59 Å². The summed E-state index contributed by atoms with van der Waals surface area (Å²) in [5, 5.41) is 0. The maximum absolute atomic E-state index is 13.2. The highest BCUT2D eigenvalue weighted by molar-refractivity contribution is 5.88. The Balaban J connectivity index is 1.86. The zero-order valence-electron chi connectivity index (χ0n) is 14.8. The van der Waals surface area contributed by atoms with Crippen molar-refractivity contribution in [3.63, 3.8) is 0 Å². The average molecular weight is 357 g/mol. The molecule has 3 rings (SSSR count). The minimum Gasteiger partial charge on any atom is -0.467 e. The van der Waals surface area contributed by atoms with Gasteiger partial charge in [0, 0.05) is 12.5 Å². The molecular formula is C20H23NO5. The van der Waals surface area contributed by atoms with Crippen LogP contribution >= 0.6 is 0 Å². The molecule has 138 valence electrons. The number of rotatable bonds is 6. The summed E-state index contributed by atoms with van der Waals surface area (Å²) in [7, 11) is 1.34. The van der Waals surface area contributed by atoms with Crippen molar-refractivity contribution in [1.29, 1.82) is 0 Å². The average Bonchev–Trinajstić information content (AvgIpc) is 3.33. The lowest BCUT2D eigenvalue weighted by molar-refractivity contribution is -0.152. The molecule has 3 atom stereocenters. The molecule has 0 saturated carbocycles. The summed E-state index contributed by atoms with van der Waals surface area (Å²) in [6.45, 7) is 8.47. The number of amides is 1. The third-order valence-corrected chi connectivity index (χ3v) is 4.97. The van der Waals surface area contributed by atoms with Gasteiger partial charge >= 0.3 is 5.97 Å². The van der Waals surface area contributed by atoms with Crippen LogP contribution in [0.5, 0.6) is 11.5 Å². The van der Waals surface area contributed by atoms with E-state index >= 15 is 0 Å². The summed E-state index contributed by atoms with van der Waals surface area (Å²) in [6, 6.07) is 5.05. The smallest absolute Gasteiger partial charge is 0.328 e. The number of benzene rings is 1. The Morgan fingerprint density at radius 2 is 2.04 bits per heavy atom. The van der Waals surface area contributed by atoms with Crippen LogP contribution in [0.1, 0.15) is 24.3 Å². The fourth-order valence-electron chi connectivity index (χ4n) is 3.61. The van der Waals surface area contributed by atoms with Crippen molar-refractivity contribution < 1.29 is 23.8 Å². The van der Waals surface area contributed by atoms with Gasteiger partial charge in [-0.05, 0) is 30.5 Å². The van der Waals surface area contributed by atoms with E-state index in [1.807, 2.05) is 18.2 Å². The maximum atomic E-state index is 13.2. The number of esters is 1. The van der Waals surface area contributed by atoms with Gasteiger partial charge in [-0.25, -0.2) is 4.79 Å². The molecule has 6 nitrogen and oxygen atoms in total. The summed E-state index contributed by atoms with van der Waals surface area (Å²) in [6.07, 6.45) is 4.74. The summed E-state index contributed by atoms with van der Waals surface area (Å²) in [4.78, 5) is 26.7. The molecule has 1 saturated heterocycles. The molecule has 0 N–H and O–H groups in total. The number of methoxy groups -OCH3 is 1. The first-order chi connectivity index (χ1) is 12.6. The van der Waals surface area contributed by atoms with Crippen LogP contribution in [-0.2, 0) is 14.3 Å². The number of hydrogen-bond donors (Lipinski definition) is 0. The van der Waals surface area contributed by atoms with Crippen LogP contribution in [0.4, 0.5) is 0 Å². The van der Waals surface area contributed by atoms with Gasteiger partial charge in [0.05, 0.1) is 13.0 Å². The van der Waals surface area contributed by atoms with Gasteiger partial charge in [-0.15, -0.1) is 13.2 Å². The molecule has 1 aromatic carbocycles. The van der Waals surface area contributed by atoms with Crippen LogP contribution in [0.2, 0.25) is 0 Å². The summed E-state index contributed by atoms with van der Waals surface area (Å²) in [5.74, 6) is 0.000414. The van der Waals surface area contributed by atoms with Crippen LogP contribution in [0.15, 0.2) is 43.5 Å². The molecule has 2 aliphatic heterocycles. The van der Waals surface area contributed by atoms with Gasteiger partial charge in [-0.2, -0.15) is 0 Å². The van der Waals surface area contributed by atoms with Crippen molar-refractivity contribution in [2.75, 3.05) is 20.4 Å². The standard InChI is InChI=1S/C20H23NO5/c1-4-14(13-8-9-17-18(11-13)26-12-25-17)15(5-2)19(22)21-10-6-7-16(21)20(23)24-3/h4-5,8-9,11,14-16H,1-2,6-7,10,12H2,3H3/t14-,15-,16+/m1/s1. The first-order valence-electron chi connectivity index (χ1n) is 8.63. The molecule has 0 aliphatic carbocycles. The van der Waals surface area contributed by atoms with Crippen LogP contribution in [-0.4, -0.2) is 43.3 Å². The van der Waals surface area contributed by atoms with Gasteiger partial charge in [0.1, 0.15) is 6.04 Å². The predicted octanol–water partition coefficient (Wildman–Crippen LogP) is 2.65. The third-order valence-electron chi connectivity index (χ3n) is 4.97. The van der Waals surface area contributed by atoms with Gasteiger partial charge in [0.2, 0.25) is 12.7 Å². The number of carbonyl (C=O) groups excluding carboxylic acids is 2. The number of hydrogen-bond acceptors (Lipinski definition) is 5. The number of fused-ring (bicyclic) bond motifs is 1. The molecule has 0 bridgehead atoms. The molecule has 0 unspecified atom stereocenters. The predicted molar refractivity (Wildman–Crippen MR) is 95.9 cm³/mol. The third kappa shape index (κ3) is 3.19. The zero-order chi connectivity index (χ0) is 18.7. The second-order valence-corrected chi connectivity index (χ2v) is 6.35. The lowest BCUT2D eigenvalue weighted by atomic mass is 9.84. The molecule has 1 amide bonds. The Morgan fingerprint density at radius 3 is 2.73 bits per heavy atom. The monoisotopic (exact) mass is 357 g/mol. The first kappa shape index (κ1) is 18.0. The van der Waals surface area contributed by atoms with E-state index in [2.05, 4.69) is 13.2 Å². The SMILES string of the molecule is C=C[C@H](c1ccc2c(c1)OCO2)[C@@H](C=C)C(=O)N1CCC[C@H]1C(=O)OC. The molecule has 2 heterocycles. The Bertz CT molecular complexity index is 729. The van der Waals surface area contributed by atoms with E-state index in [1.165, 1.54) is 7.11 Å². The van der Waals surface area contributed by atoms with Crippen LogP contribution in [0.3, 0.4) is 0 Å². The topological polar surface area (TPSA) is 65.1 Å². The maximum Gasteiger partial charge on any atom is 0.328 e. The van der Waals surface area contributed by atoms with E-state index in [0.29, 0.717) is 24.5 Å². The number of carbonyl (C=O) groups is 2. The van der Waals surface area contributed by atoms with Gasteiger partial charge in [-0.3, -0.25) is 4.79 Å². The zero-order valence-corrected chi connectivity index (χ0v) is 14.8. The minimum absolute atomic E-state index is 0.143. The highest BCUT2D eigenvalue weighted by Crippen LogP contribution is 2.38. The van der Waals surface area contributed by atoms with Gasteiger partial charge in [0.25, 0.3) is 0 Å². The number of allylic oxidation sites excluding steroid dienone is 1. The Morgan fingerprint density at radius 1 is 1.27 bits per heavy atom. The second-order valence-electron chi connectivity index (χ2n) is 6.35. The molecule has 0 radical (unpaired) electrons. The molecule has 1 aromatic rings. The number of likely N-dealkylation sites (tertiary alicyclic amines) is 1. The Labute approximate surface area is 153 Å². The van der Waals surface area contributed by atoms with Crippen LogP contribution < -0.4 is 9.47 Å². The van der Waals surface area contributed by atoms with E-state index in [0.717, 1.165) is 12.0 Å². The first-order valence-corrected chi connectivity index (χ1v) is 8.63.